The molecule has 0 bridgehead atoms. The lowest BCUT2D eigenvalue weighted by Crippen LogP contribution is -2.24. The van der Waals surface area contributed by atoms with E-state index in [0.717, 1.165) is 12.8 Å². The Balaban J connectivity index is 3.20. The lowest BCUT2D eigenvalue weighted by atomic mass is 10.0. The molecule has 0 heterocycles. The van der Waals surface area contributed by atoms with Gasteiger partial charge in [0.2, 0.25) is 0 Å². The van der Waals surface area contributed by atoms with E-state index in [4.69, 9.17) is 5.11 Å². The molecule has 0 aliphatic heterocycles. The number of unbranched alkanes of at least 4 members (excludes halogenated alkanes) is 12. The second kappa shape index (κ2) is 16.2. The minimum Gasteiger partial charge on any atom is -0.393 e. The van der Waals surface area contributed by atoms with E-state index in [1.54, 1.807) is 0 Å². The molecule has 5 heteroatoms. The molecule has 2 unspecified atom stereocenters. The van der Waals surface area contributed by atoms with Crippen molar-refractivity contribution in [3.8, 4) is 0 Å². The summed E-state index contributed by atoms with van der Waals surface area (Å²) >= 11 is 0. The number of hydrogen-bond donors (Lipinski definition) is 2. The Morgan fingerprint density at radius 2 is 1.17 bits per heavy atom. The molecule has 0 rings (SSSR count). The van der Waals surface area contributed by atoms with Crippen molar-refractivity contribution in [2.75, 3.05) is 0 Å². The van der Waals surface area contributed by atoms with Crippen LogP contribution in [0.15, 0.2) is 0 Å². The molecule has 0 amide bonds. The third-order valence-corrected chi connectivity index (χ3v) is 4.37. The Morgan fingerprint density at radius 3 is 1.57 bits per heavy atom. The van der Waals surface area contributed by atoms with Gasteiger partial charge in [0.1, 0.15) is 0 Å². The Morgan fingerprint density at radius 1 is 0.783 bits per heavy atom. The van der Waals surface area contributed by atoms with Gasteiger partial charge in [-0.1, -0.05) is 90.4 Å². The van der Waals surface area contributed by atoms with Gasteiger partial charge in [0.05, 0.1) is 17.4 Å². The average Bonchev–Trinajstić information content (AvgIpc) is 2.51. The molecule has 0 aromatic carbocycles. The van der Waals surface area contributed by atoms with Crippen molar-refractivity contribution in [3.63, 3.8) is 0 Å². The van der Waals surface area contributed by atoms with E-state index in [1.807, 2.05) is 0 Å². The van der Waals surface area contributed by atoms with Crippen LogP contribution in [0, 0.1) is 10.1 Å². The molecule has 0 saturated carbocycles. The number of aliphatic hydroxyl groups is 2. The first-order valence-corrected chi connectivity index (χ1v) is 9.57. The minimum absolute atomic E-state index is 0.161. The molecule has 23 heavy (non-hydrogen) atoms. The Hall–Kier alpha value is -0.680. The maximum absolute atomic E-state index is 10.3. The molecule has 0 aromatic heterocycles. The van der Waals surface area contributed by atoms with Gasteiger partial charge in [-0.05, 0) is 6.42 Å². The van der Waals surface area contributed by atoms with Crippen LogP contribution in [-0.2, 0) is 0 Å². The molecule has 2 N–H and O–H groups in total. The van der Waals surface area contributed by atoms with Crippen molar-refractivity contribution < 1.29 is 15.1 Å². The molecule has 5 nitrogen and oxygen atoms in total. The number of nitro groups is 1. The van der Waals surface area contributed by atoms with Gasteiger partial charge < -0.3 is 10.2 Å². The van der Waals surface area contributed by atoms with E-state index >= 15 is 0 Å². The Kier molecular flexibility index (Phi) is 15.7. The lowest BCUT2D eigenvalue weighted by Gasteiger charge is -2.10. The minimum atomic E-state index is -1.63. The second-order valence-electron chi connectivity index (χ2n) is 6.69. The summed E-state index contributed by atoms with van der Waals surface area (Å²) in [6, 6.07) is 0. The van der Waals surface area contributed by atoms with Crippen molar-refractivity contribution >= 4 is 0 Å². The maximum atomic E-state index is 10.3. The van der Waals surface area contributed by atoms with Crippen molar-refractivity contribution in [1.82, 2.24) is 0 Å². The predicted octanol–water partition coefficient (Wildman–Crippen LogP) is 4.81. The molecule has 0 fully saturated rings. The maximum Gasteiger partial charge on any atom is 0.315 e. The van der Waals surface area contributed by atoms with Gasteiger partial charge in [0.25, 0.3) is 0 Å². The highest BCUT2D eigenvalue weighted by atomic mass is 16.7. The summed E-state index contributed by atoms with van der Waals surface area (Å²) < 4.78 is 0. The fraction of sp³-hybridized carbons (Fsp3) is 1.00. The molecule has 0 saturated heterocycles. The third kappa shape index (κ3) is 16.0. The summed E-state index contributed by atoms with van der Waals surface area (Å²) in [6.45, 7) is 2.25. The largest absolute Gasteiger partial charge is 0.393 e. The van der Waals surface area contributed by atoms with Crippen LogP contribution >= 0.6 is 0 Å². The van der Waals surface area contributed by atoms with Crippen LogP contribution < -0.4 is 0 Å². The summed E-state index contributed by atoms with van der Waals surface area (Å²) in [5.41, 5.74) is 0. The van der Waals surface area contributed by atoms with E-state index < -0.39 is 17.3 Å². The first-order chi connectivity index (χ1) is 11.1. The highest BCUT2D eigenvalue weighted by molar-refractivity contribution is 4.58. The van der Waals surface area contributed by atoms with Gasteiger partial charge in [0, 0.05) is 0 Å². The van der Waals surface area contributed by atoms with Crippen molar-refractivity contribution in [3.05, 3.63) is 10.1 Å². The quantitative estimate of drug-likeness (QED) is 0.173. The summed E-state index contributed by atoms with van der Waals surface area (Å²) in [7, 11) is 0. The van der Waals surface area contributed by atoms with Crippen LogP contribution in [0.2, 0.25) is 0 Å². The van der Waals surface area contributed by atoms with E-state index in [9.17, 15) is 15.2 Å². The second-order valence-corrected chi connectivity index (χ2v) is 6.69. The van der Waals surface area contributed by atoms with E-state index in [1.165, 1.54) is 70.6 Å². The monoisotopic (exact) mass is 331 g/mol. The van der Waals surface area contributed by atoms with Crippen LogP contribution in [0.3, 0.4) is 0 Å². The van der Waals surface area contributed by atoms with Gasteiger partial charge in [-0.25, -0.2) is 0 Å². The van der Waals surface area contributed by atoms with Crippen LogP contribution in [0.25, 0.3) is 0 Å². The number of rotatable bonds is 17. The number of nitrogens with zero attached hydrogens (tertiary/aromatic N) is 1. The molecule has 0 radical (unpaired) electrons. The van der Waals surface area contributed by atoms with E-state index in [-0.39, 0.29) is 6.42 Å². The molecule has 0 spiro atoms. The van der Waals surface area contributed by atoms with Gasteiger partial charge in [-0.3, -0.25) is 10.1 Å². The summed E-state index contributed by atoms with van der Waals surface area (Å²) in [4.78, 5) is 9.51. The highest BCUT2D eigenvalue weighted by Crippen LogP contribution is 2.14. The molecule has 0 aromatic rings. The third-order valence-electron chi connectivity index (χ3n) is 4.37. The first kappa shape index (κ1) is 22.3. The molecule has 138 valence electrons. The fourth-order valence-electron chi connectivity index (χ4n) is 2.84. The highest BCUT2D eigenvalue weighted by Gasteiger charge is 2.19. The normalized spacial score (nSPS) is 13.9. The standard InChI is InChI=1S/C18H37NO4/c1-2-3-4-5-6-7-8-9-10-11-12-13-14-15-17(20)16-18(21)19(22)23/h17-18,20-21H,2-16H2,1H3. The van der Waals surface area contributed by atoms with Crippen LogP contribution in [0.4, 0.5) is 0 Å². The van der Waals surface area contributed by atoms with Gasteiger partial charge >= 0.3 is 6.23 Å². The number of aliphatic hydroxyl groups excluding tert-OH is 2. The van der Waals surface area contributed by atoms with Crippen LogP contribution in [0.5, 0.6) is 0 Å². The predicted molar refractivity (Wildman–Crippen MR) is 93.9 cm³/mol. The summed E-state index contributed by atoms with van der Waals surface area (Å²) in [6.07, 6.45) is 14.5. The molecular weight excluding hydrogens is 294 g/mol. The lowest BCUT2D eigenvalue weighted by molar-refractivity contribution is -0.572. The van der Waals surface area contributed by atoms with E-state index in [0.29, 0.717) is 6.42 Å². The SMILES string of the molecule is CCCCCCCCCCCCCCCC(O)CC(O)[N+](=O)[O-]. The summed E-state index contributed by atoms with van der Waals surface area (Å²) in [5.74, 6) is 0. The topological polar surface area (TPSA) is 83.6 Å². The molecule has 0 aliphatic rings. The summed E-state index contributed by atoms with van der Waals surface area (Å²) in [5, 5.41) is 28.9. The smallest absolute Gasteiger partial charge is 0.315 e. The zero-order chi connectivity index (χ0) is 17.3. The average molecular weight is 331 g/mol. The van der Waals surface area contributed by atoms with Gasteiger partial charge in [-0.2, -0.15) is 0 Å². The molecule has 0 aliphatic carbocycles. The van der Waals surface area contributed by atoms with Crippen LogP contribution in [0.1, 0.15) is 103 Å². The molecular formula is C18H37NO4. The van der Waals surface area contributed by atoms with Crippen molar-refractivity contribution in [1.29, 1.82) is 0 Å². The van der Waals surface area contributed by atoms with Crippen LogP contribution in [-0.4, -0.2) is 27.5 Å². The Labute approximate surface area is 141 Å². The van der Waals surface area contributed by atoms with E-state index in [2.05, 4.69) is 6.92 Å². The van der Waals surface area contributed by atoms with Crippen molar-refractivity contribution in [2.45, 2.75) is 116 Å². The van der Waals surface area contributed by atoms with Gasteiger partial charge in [0.15, 0.2) is 0 Å². The zero-order valence-corrected chi connectivity index (χ0v) is 14.9. The zero-order valence-electron chi connectivity index (χ0n) is 14.9. The molecule has 2 atom stereocenters. The van der Waals surface area contributed by atoms with Crippen molar-refractivity contribution in [2.24, 2.45) is 0 Å². The first-order valence-electron chi connectivity index (χ1n) is 9.57. The fourth-order valence-corrected chi connectivity index (χ4v) is 2.84. The number of hydrogen-bond acceptors (Lipinski definition) is 4. The Bertz CT molecular complexity index is 274. The van der Waals surface area contributed by atoms with Gasteiger partial charge in [-0.15, -0.1) is 0 Å².